The van der Waals surface area contributed by atoms with Crippen LogP contribution in [0.3, 0.4) is 0 Å². The SMILES string of the molecule is Cc1c(C)c(C)[c-](C)c1C.Cc1c(C)c(C)[c-](C)c1C.[CH3-].[CH3-].[U]. The fourth-order valence-electron chi connectivity index (χ4n) is 2.81. The third-order valence-electron chi connectivity index (χ3n) is 5.62. The van der Waals surface area contributed by atoms with Crippen LogP contribution in [0.2, 0.25) is 0 Å². The molecule has 0 saturated heterocycles. The quantitative estimate of drug-likeness (QED) is 0.324. The fraction of sp³-hybridized carbons (Fsp3) is 0.455. The van der Waals surface area contributed by atoms with Crippen LogP contribution >= 0.6 is 0 Å². The average molecular weight is 539 g/mol. The maximum Gasteiger partial charge on any atom is 0 e. The standard InChI is InChI=1S/2C10H15.2CH3.U/c2*1-6-7(2)9(4)10(5)8(6)3;;;/h2*1-5H3;2*1H3;/q4*-1;. The number of rotatable bonds is 0. The van der Waals surface area contributed by atoms with Crippen LogP contribution in [0.5, 0.6) is 0 Å². The molecule has 0 amide bonds. The molecule has 132 valence electrons. The van der Waals surface area contributed by atoms with Crippen LogP contribution in [0.15, 0.2) is 0 Å². The van der Waals surface area contributed by atoms with Gasteiger partial charge in [0.25, 0.3) is 0 Å². The first-order chi connectivity index (χ1) is 9.11. The van der Waals surface area contributed by atoms with Gasteiger partial charge in [-0.1, -0.05) is 69.2 Å². The second kappa shape index (κ2) is 10.6. The van der Waals surface area contributed by atoms with Crippen molar-refractivity contribution >= 4 is 0 Å². The van der Waals surface area contributed by atoms with Gasteiger partial charge in [0.1, 0.15) is 0 Å². The van der Waals surface area contributed by atoms with E-state index in [0.29, 0.717) is 0 Å². The zero-order valence-electron chi connectivity index (χ0n) is 17.5. The first-order valence-electron chi connectivity index (χ1n) is 7.50. The Bertz CT molecular complexity index is 405. The molecule has 0 aliphatic rings. The Balaban J connectivity index is -0.000000308. The van der Waals surface area contributed by atoms with Crippen LogP contribution in [0.25, 0.3) is 0 Å². The predicted octanol–water partition coefficient (Wildman–Crippen LogP) is 6.80. The van der Waals surface area contributed by atoms with Crippen LogP contribution in [0.4, 0.5) is 0 Å². The van der Waals surface area contributed by atoms with Gasteiger partial charge in [-0.3, -0.25) is 0 Å². The van der Waals surface area contributed by atoms with E-state index >= 15 is 0 Å². The minimum Gasteiger partial charge on any atom is -0.358 e. The van der Waals surface area contributed by atoms with Gasteiger partial charge in [0.05, 0.1) is 0 Å². The molecule has 2 rings (SSSR count). The maximum absolute atomic E-state index is 2.20. The molecule has 0 fully saturated rings. The van der Waals surface area contributed by atoms with Crippen molar-refractivity contribution in [2.24, 2.45) is 0 Å². The Morgan fingerprint density at radius 1 is 0.435 bits per heavy atom. The van der Waals surface area contributed by atoms with Gasteiger partial charge in [-0.2, -0.15) is 55.6 Å². The maximum atomic E-state index is 2.20. The van der Waals surface area contributed by atoms with Crippen LogP contribution in [0, 0.1) is 115 Å². The summed E-state index contributed by atoms with van der Waals surface area (Å²) in [6.07, 6.45) is 0. The Morgan fingerprint density at radius 2 is 0.565 bits per heavy atom. The van der Waals surface area contributed by atoms with Crippen molar-refractivity contribution in [3.63, 3.8) is 0 Å². The summed E-state index contributed by atoms with van der Waals surface area (Å²) in [4.78, 5) is 0. The summed E-state index contributed by atoms with van der Waals surface area (Å²) >= 11 is 0. The topological polar surface area (TPSA) is 0 Å². The minimum atomic E-state index is 0. The Labute approximate surface area is 170 Å². The van der Waals surface area contributed by atoms with Crippen LogP contribution < -0.4 is 0 Å². The summed E-state index contributed by atoms with van der Waals surface area (Å²) in [7, 11) is 0. The largest absolute Gasteiger partial charge is 0.358 e. The molecule has 0 atom stereocenters. The van der Waals surface area contributed by atoms with Crippen molar-refractivity contribution in [3.05, 3.63) is 70.5 Å². The third kappa shape index (κ3) is 5.37. The Morgan fingerprint density at radius 3 is 0.609 bits per heavy atom. The van der Waals surface area contributed by atoms with Crippen molar-refractivity contribution < 1.29 is 31.1 Å². The van der Waals surface area contributed by atoms with E-state index in [0.717, 1.165) is 0 Å². The summed E-state index contributed by atoms with van der Waals surface area (Å²) < 4.78 is 0. The summed E-state index contributed by atoms with van der Waals surface area (Å²) in [5, 5.41) is 0. The molecule has 2 aromatic rings. The summed E-state index contributed by atoms with van der Waals surface area (Å²) in [6, 6.07) is 0. The Hall–Kier alpha value is -0.248. The van der Waals surface area contributed by atoms with Crippen molar-refractivity contribution in [2.75, 3.05) is 0 Å². The zero-order chi connectivity index (χ0) is 15.8. The molecule has 0 nitrogen and oxygen atoms in total. The van der Waals surface area contributed by atoms with E-state index < -0.39 is 0 Å². The van der Waals surface area contributed by atoms with Crippen molar-refractivity contribution in [3.8, 4) is 0 Å². The fourth-order valence-corrected chi connectivity index (χ4v) is 2.81. The number of hydrogen-bond acceptors (Lipinski definition) is 0. The van der Waals surface area contributed by atoms with E-state index in [4.69, 9.17) is 0 Å². The van der Waals surface area contributed by atoms with E-state index in [9.17, 15) is 0 Å². The van der Waals surface area contributed by atoms with Crippen molar-refractivity contribution in [1.82, 2.24) is 0 Å². The van der Waals surface area contributed by atoms with Crippen molar-refractivity contribution in [1.29, 1.82) is 0 Å². The zero-order valence-corrected chi connectivity index (χ0v) is 21.7. The molecule has 0 aliphatic carbocycles. The molecular weight excluding hydrogens is 502 g/mol. The normalized spacial score (nSPS) is 9.13. The van der Waals surface area contributed by atoms with E-state index in [1.165, 1.54) is 55.6 Å². The molecule has 23 heavy (non-hydrogen) atoms. The molecule has 2 aromatic carbocycles. The molecule has 0 heterocycles. The van der Waals surface area contributed by atoms with Gasteiger partial charge in [0, 0.05) is 31.1 Å². The molecule has 0 aromatic heterocycles. The predicted molar refractivity (Wildman–Crippen MR) is 104 cm³/mol. The van der Waals surface area contributed by atoms with Gasteiger partial charge in [-0.15, -0.1) is 0 Å². The second-order valence-corrected chi connectivity index (χ2v) is 6.25. The summed E-state index contributed by atoms with van der Waals surface area (Å²) in [5.74, 6) is 0. The molecule has 0 saturated carbocycles. The van der Waals surface area contributed by atoms with E-state index in [1.54, 1.807) is 0 Å². The molecule has 0 bridgehead atoms. The second-order valence-electron chi connectivity index (χ2n) is 6.25. The van der Waals surface area contributed by atoms with Crippen LogP contribution in [-0.4, -0.2) is 0 Å². The molecule has 0 N–H and O–H groups in total. The van der Waals surface area contributed by atoms with Gasteiger partial charge >= 0.3 is 0 Å². The van der Waals surface area contributed by atoms with Gasteiger partial charge in [-0.25, -0.2) is 0 Å². The molecule has 0 radical (unpaired) electrons. The molecule has 0 aliphatic heterocycles. The first-order valence-corrected chi connectivity index (χ1v) is 7.50. The summed E-state index contributed by atoms with van der Waals surface area (Å²) in [5.41, 5.74) is 14.7. The van der Waals surface area contributed by atoms with Gasteiger partial charge < -0.3 is 14.9 Å². The van der Waals surface area contributed by atoms with Crippen LogP contribution in [-0.2, 0) is 0 Å². The molecule has 0 unspecified atom stereocenters. The molecule has 1 heteroatoms. The van der Waals surface area contributed by atoms with Crippen LogP contribution in [0.1, 0.15) is 55.6 Å². The minimum absolute atomic E-state index is 0. The molecule has 0 spiro atoms. The van der Waals surface area contributed by atoms with Gasteiger partial charge in [0.15, 0.2) is 0 Å². The molecular formula is C22H36U-4. The Kier molecular flexibility index (Phi) is 12.7. The van der Waals surface area contributed by atoms with Gasteiger partial charge in [0.2, 0.25) is 0 Å². The smallest absolute Gasteiger partial charge is 0 e. The third-order valence-corrected chi connectivity index (χ3v) is 5.62. The monoisotopic (exact) mass is 538 g/mol. The first kappa shape index (κ1) is 27.6. The summed E-state index contributed by atoms with van der Waals surface area (Å²) in [6.45, 7) is 22.0. The van der Waals surface area contributed by atoms with E-state index in [-0.39, 0.29) is 46.0 Å². The average Bonchev–Trinajstić information content (AvgIpc) is 2.71. The van der Waals surface area contributed by atoms with E-state index in [1.807, 2.05) is 0 Å². The van der Waals surface area contributed by atoms with E-state index in [2.05, 4.69) is 69.2 Å². The van der Waals surface area contributed by atoms with Crippen molar-refractivity contribution in [2.45, 2.75) is 69.2 Å². The van der Waals surface area contributed by atoms with Gasteiger partial charge in [-0.05, 0) is 0 Å². The number of hydrogen-bond donors (Lipinski definition) is 0.